The molecule has 0 bridgehead atoms. The smallest absolute Gasteiger partial charge is 0.314 e. The molecule has 1 saturated carbocycles. The summed E-state index contributed by atoms with van der Waals surface area (Å²) in [5, 5.41) is 18.7. The van der Waals surface area contributed by atoms with Crippen LogP contribution in [-0.2, 0) is 11.3 Å². The first kappa shape index (κ1) is 15.3. The Morgan fingerprint density at radius 3 is 2.62 bits per heavy atom. The van der Waals surface area contributed by atoms with Crippen LogP contribution in [0.15, 0.2) is 6.07 Å². The van der Waals surface area contributed by atoms with Crippen molar-refractivity contribution >= 4 is 12.0 Å². The number of carboxylic acids is 1. The number of amides is 2. The lowest BCUT2D eigenvalue weighted by Crippen LogP contribution is -2.41. The quantitative estimate of drug-likeness (QED) is 0.655. The van der Waals surface area contributed by atoms with Gasteiger partial charge in [0, 0.05) is 25.3 Å². The van der Waals surface area contributed by atoms with Crippen LogP contribution in [0.25, 0.3) is 0 Å². The number of carbonyl (C=O) groups excluding carboxylic acids is 1. The highest BCUT2D eigenvalue weighted by atomic mass is 16.4. The molecule has 7 nitrogen and oxygen atoms in total. The molecule has 0 unspecified atom stereocenters. The Labute approximate surface area is 123 Å². The van der Waals surface area contributed by atoms with Crippen LogP contribution in [0.4, 0.5) is 4.79 Å². The standard InChI is InChI=1S/C14H22N4O3/c1-10-8-11(2)18(17-10)7-3-6-15-13(21)16-9-14(4-5-14)12(19)20/h8H,3-7,9H2,1-2H3,(H,19,20)(H2,15,16,21). The number of hydrogen-bond donors (Lipinski definition) is 3. The third-order valence-electron chi connectivity index (χ3n) is 3.83. The Bertz CT molecular complexity index is 534. The first-order chi connectivity index (χ1) is 9.93. The van der Waals surface area contributed by atoms with E-state index < -0.39 is 11.4 Å². The summed E-state index contributed by atoms with van der Waals surface area (Å²) in [7, 11) is 0. The van der Waals surface area contributed by atoms with E-state index in [9.17, 15) is 9.59 Å². The van der Waals surface area contributed by atoms with Crippen molar-refractivity contribution in [3.05, 3.63) is 17.5 Å². The van der Waals surface area contributed by atoms with E-state index in [1.807, 2.05) is 24.6 Å². The first-order valence-corrected chi connectivity index (χ1v) is 7.19. The van der Waals surface area contributed by atoms with Crippen molar-refractivity contribution in [1.29, 1.82) is 0 Å². The molecule has 1 fully saturated rings. The maximum Gasteiger partial charge on any atom is 0.314 e. The Morgan fingerprint density at radius 2 is 2.10 bits per heavy atom. The van der Waals surface area contributed by atoms with Gasteiger partial charge in [0.2, 0.25) is 0 Å². The largest absolute Gasteiger partial charge is 0.481 e. The molecule has 1 aliphatic carbocycles. The minimum absolute atomic E-state index is 0.200. The minimum atomic E-state index is -0.827. The molecule has 0 spiro atoms. The zero-order valence-electron chi connectivity index (χ0n) is 12.5. The van der Waals surface area contributed by atoms with Gasteiger partial charge in [0.15, 0.2) is 0 Å². The van der Waals surface area contributed by atoms with Gasteiger partial charge in [-0.1, -0.05) is 0 Å². The fourth-order valence-electron chi connectivity index (χ4n) is 2.26. The molecule has 0 aromatic carbocycles. The molecule has 1 aromatic rings. The van der Waals surface area contributed by atoms with Gasteiger partial charge in [0.25, 0.3) is 0 Å². The molecule has 0 saturated heterocycles. The summed E-state index contributed by atoms with van der Waals surface area (Å²) in [6.45, 7) is 5.43. The number of aryl methyl sites for hydroxylation is 3. The normalized spacial score (nSPS) is 15.5. The summed E-state index contributed by atoms with van der Waals surface area (Å²) in [6.07, 6.45) is 2.06. The Balaban J connectivity index is 1.61. The highest BCUT2D eigenvalue weighted by molar-refractivity contribution is 5.80. The van der Waals surface area contributed by atoms with Crippen molar-refractivity contribution < 1.29 is 14.7 Å². The van der Waals surface area contributed by atoms with Crippen LogP contribution in [0.1, 0.15) is 30.7 Å². The van der Waals surface area contributed by atoms with Crippen molar-refractivity contribution in [3.63, 3.8) is 0 Å². The Kier molecular flexibility index (Phi) is 4.50. The van der Waals surface area contributed by atoms with Crippen molar-refractivity contribution in [2.45, 2.75) is 39.7 Å². The van der Waals surface area contributed by atoms with Gasteiger partial charge in [-0.15, -0.1) is 0 Å². The summed E-state index contributed by atoms with van der Waals surface area (Å²) in [5.74, 6) is -0.827. The second-order valence-electron chi connectivity index (χ2n) is 5.70. The van der Waals surface area contributed by atoms with Crippen LogP contribution >= 0.6 is 0 Å². The maximum absolute atomic E-state index is 11.6. The van der Waals surface area contributed by atoms with Crippen LogP contribution in [-0.4, -0.2) is 40.0 Å². The lowest BCUT2D eigenvalue weighted by Gasteiger charge is -2.12. The molecular formula is C14H22N4O3. The van der Waals surface area contributed by atoms with E-state index in [0.717, 1.165) is 24.4 Å². The number of hydrogen-bond acceptors (Lipinski definition) is 3. The molecule has 2 rings (SSSR count). The monoisotopic (exact) mass is 294 g/mol. The zero-order chi connectivity index (χ0) is 15.5. The molecule has 1 aliphatic rings. The van der Waals surface area contributed by atoms with E-state index >= 15 is 0 Å². The van der Waals surface area contributed by atoms with Crippen LogP contribution in [0.3, 0.4) is 0 Å². The number of nitrogens with one attached hydrogen (secondary N) is 2. The number of carbonyl (C=O) groups is 2. The number of aromatic nitrogens is 2. The number of urea groups is 1. The Morgan fingerprint density at radius 1 is 1.38 bits per heavy atom. The average Bonchev–Trinajstić information content (AvgIpc) is 3.14. The van der Waals surface area contributed by atoms with E-state index in [2.05, 4.69) is 15.7 Å². The summed E-state index contributed by atoms with van der Waals surface area (Å²) in [6, 6.07) is 1.71. The second kappa shape index (κ2) is 6.15. The molecule has 3 N–H and O–H groups in total. The van der Waals surface area contributed by atoms with Crippen LogP contribution in [0, 0.1) is 19.3 Å². The number of nitrogens with zero attached hydrogens (tertiary/aromatic N) is 2. The average molecular weight is 294 g/mol. The highest BCUT2D eigenvalue weighted by Crippen LogP contribution is 2.45. The molecular weight excluding hydrogens is 272 g/mol. The van der Waals surface area contributed by atoms with Gasteiger partial charge in [-0.3, -0.25) is 9.48 Å². The molecule has 7 heteroatoms. The van der Waals surface area contributed by atoms with Crippen molar-refractivity contribution in [1.82, 2.24) is 20.4 Å². The molecule has 2 amide bonds. The molecule has 0 atom stereocenters. The van der Waals surface area contributed by atoms with Crippen LogP contribution < -0.4 is 10.6 Å². The lowest BCUT2D eigenvalue weighted by atomic mass is 10.1. The van der Waals surface area contributed by atoms with Crippen molar-refractivity contribution in [2.24, 2.45) is 5.41 Å². The Hall–Kier alpha value is -2.05. The van der Waals surface area contributed by atoms with Gasteiger partial charge in [-0.05, 0) is 39.2 Å². The van der Waals surface area contributed by atoms with Gasteiger partial charge in [-0.2, -0.15) is 5.10 Å². The molecule has 1 heterocycles. The van der Waals surface area contributed by atoms with Gasteiger partial charge in [-0.25, -0.2) is 4.79 Å². The lowest BCUT2D eigenvalue weighted by molar-refractivity contribution is -0.143. The fraction of sp³-hybridized carbons (Fsp3) is 0.643. The SMILES string of the molecule is Cc1cc(C)n(CCCNC(=O)NCC2(C(=O)O)CC2)n1. The van der Waals surface area contributed by atoms with E-state index in [1.54, 1.807) is 0 Å². The summed E-state index contributed by atoms with van der Waals surface area (Å²) in [4.78, 5) is 22.6. The molecule has 116 valence electrons. The summed E-state index contributed by atoms with van der Waals surface area (Å²) in [5.41, 5.74) is 1.37. The number of rotatable bonds is 7. The van der Waals surface area contributed by atoms with Gasteiger partial charge >= 0.3 is 12.0 Å². The van der Waals surface area contributed by atoms with E-state index in [1.165, 1.54) is 0 Å². The van der Waals surface area contributed by atoms with Gasteiger partial charge in [0.1, 0.15) is 0 Å². The highest BCUT2D eigenvalue weighted by Gasteiger charge is 2.50. The van der Waals surface area contributed by atoms with E-state index in [4.69, 9.17) is 5.11 Å². The topological polar surface area (TPSA) is 96.2 Å². The first-order valence-electron chi connectivity index (χ1n) is 7.19. The van der Waals surface area contributed by atoms with E-state index in [-0.39, 0.29) is 12.6 Å². The second-order valence-corrected chi connectivity index (χ2v) is 5.70. The van der Waals surface area contributed by atoms with Gasteiger partial charge in [0.05, 0.1) is 11.1 Å². The van der Waals surface area contributed by atoms with Crippen LogP contribution in [0.5, 0.6) is 0 Å². The third kappa shape index (κ3) is 3.96. The van der Waals surface area contributed by atoms with Gasteiger partial charge < -0.3 is 15.7 Å². The molecule has 21 heavy (non-hydrogen) atoms. The van der Waals surface area contributed by atoms with Crippen molar-refractivity contribution in [2.75, 3.05) is 13.1 Å². The molecule has 0 aliphatic heterocycles. The maximum atomic E-state index is 11.6. The molecule has 0 radical (unpaired) electrons. The minimum Gasteiger partial charge on any atom is -0.481 e. The molecule has 1 aromatic heterocycles. The summed E-state index contributed by atoms with van der Waals surface area (Å²) >= 11 is 0. The predicted molar refractivity (Wildman–Crippen MR) is 77.0 cm³/mol. The number of aliphatic carboxylic acids is 1. The van der Waals surface area contributed by atoms with E-state index in [0.29, 0.717) is 19.4 Å². The predicted octanol–water partition coefficient (Wildman–Crippen LogP) is 1.05. The fourth-order valence-corrected chi connectivity index (χ4v) is 2.26. The zero-order valence-corrected chi connectivity index (χ0v) is 12.5. The number of carboxylic acid groups (broad SMARTS) is 1. The third-order valence-corrected chi connectivity index (χ3v) is 3.83. The van der Waals surface area contributed by atoms with Crippen molar-refractivity contribution in [3.8, 4) is 0 Å². The van der Waals surface area contributed by atoms with Crippen LogP contribution in [0.2, 0.25) is 0 Å². The summed E-state index contributed by atoms with van der Waals surface area (Å²) < 4.78 is 1.92.